The molecule has 0 aromatic rings. The Balaban J connectivity index is 1.41. The highest BCUT2D eigenvalue weighted by molar-refractivity contribution is 5.83. The zero-order valence-corrected chi connectivity index (χ0v) is 24.2. The summed E-state index contributed by atoms with van der Waals surface area (Å²) >= 11 is 0. The van der Waals surface area contributed by atoms with Crippen molar-refractivity contribution in [3.8, 4) is 0 Å². The monoisotopic (exact) mass is 470 g/mol. The molecule has 4 aliphatic carbocycles. The van der Waals surface area contributed by atoms with E-state index in [0.29, 0.717) is 22.5 Å². The zero-order chi connectivity index (χ0) is 24.9. The summed E-state index contributed by atoms with van der Waals surface area (Å²) in [6, 6.07) is 0. The van der Waals surface area contributed by atoms with Gasteiger partial charge in [-0.2, -0.15) is 0 Å². The maximum absolute atomic E-state index is 12.7. The smallest absolute Gasteiger partial charge is 0.138 e. The molecule has 4 aliphatic rings. The lowest BCUT2D eigenvalue weighted by molar-refractivity contribution is -0.133. The number of carbonyl (C=O) groups is 1. The summed E-state index contributed by atoms with van der Waals surface area (Å²) in [5.41, 5.74) is 0.988. The molecule has 0 bridgehead atoms. The van der Waals surface area contributed by atoms with Gasteiger partial charge in [-0.3, -0.25) is 4.79 Å². The summed E-state index contributed by atoms with van der Waals surface area (Å²) < 4.78 is 0. The summed E-state index contributed by atoms with van der Waals surface area (Å²) in [4.78, 5) is 12.7. The predicted molar refractivity (Wildman–Crippen MR) is 146 cm³/mol. The van der Waals surface area contributed by atoms with E-state index in [1.54, 1.807) is 0 Å². The molecule has 0 radical (unpaired) electrons. The van der Waals surface area contributed by atoms with Crippen molar-refractivity contribution in [2.45, 2.75) is 139 Å². The fourth-order valence-electron chi connectivity index (χ4n) is 10.1. The maximum atomic E-state index is 12.7. The van der Waals surface area contributed by atoms with Crippen LogP contribution < -0.4 is 0 Å². The first-order chi connectivity index (χ1) is 15.9. The lowest BCUT2D eigenvalue weighted by Crippen LogP contribution is -2.53. The van der Waals surface area contributed by atoms with Crippen LogP contribution >= 0.6 is 0 Å². The highest BCUT2D eigenvalue weighted by Gasteiger charge is 2.60. The normalized spacial score (nSPS) is 43.2. The van der Waals surface area contributed by atoms with Crippen LogP contribution in [0.2, 0.25) is 0 Å². The van der Waals surface area contributed by atoms with Crippen LogP contribution in [-0.2, 0) is 4.79 Å². The Morgan fingerprint density at radius 2 is 1.53 bits per heavy atom. The van der Waals surface area contributed by atoms with E-state index in [0.717, 1.165) is 47.8 Å². The van der Waals surface area contributed by atoms with E-state index in [1.165, 1.54) is 77.0 Å². The molecule has 0 spiro atoms. The van der Waals surface area contributed by atoms with Gasteiger partial charge in [0.1, 0.15) is 5.78 Å². The van der Waals surface area contributed by atoms with Gasteiger partial charge in [0.25, 0.3) is 0 Å². The molecule has 4 fully saturated rings. The largest absolute Gasteiger partial charge is 0.299 e. The van der Waals surface area contributed by atoms with Crippen LogP contribution in [-0.4, -0.2) is 5.78 Å². The van der Waals surface area contributed by atoms with Crippen molar-refractivity contribution in [2.24, 2.45) is 63.6 Å². The predicted octanol–water partition coefficient (Wildman–Crippen LogP) is 9.73. The summed E-state index contributed by atoms with van der Waals surface area (Å²) in [6.07, 6.45) is 18.1. The van der Waals surface area contributed by atoms with Crippen molar-refractivity contribution in [2.75, 3.05) is 0 Å². The highest BCUT2D eigenvalue weighted by Crippen LogP contribution is 2.68. The van der Waals surface area contributed by atoms with Gasteiger partial charge in [0.2, 0.25) is 0 Å². The van der Waals surface area contributed by atoms with Gasteiger partial charge in [-0.25, -0.2) is 0 Å². The minimum absolute atomic E-state index is 0.169. The number of ketones is 1. The molecule has 0 heterocycles. The maximum Gasteiger partial charge on any atom is 0.138 e. The van der Waals surface area contributed by atoms with Crippen LogP contribution in [0.4, 0.5) is 0 Å². The molecule has 1 nitrogen and oxygen atoms in total. The summed E-state index contributed by atoms with van der Waals surface area (Å²) in [6.45, 7) is 19.1. The number of carbonyl (C=O) groups excluding carboxylic acids is 1. The molecule has 0 saturated heterocycles. The van der Waals surface area contributed by atoms with Crippen LogP contribution in [0.5, 0.6) is 0 Å². The third kappa shape index (κ3) is 4.94. The summed E-state index contributed by atoms with van der Waals surface area (Å²) in [7, 11) is 0. The fourth-order valence-corrected chi connectivity index (χ4v) is 10.1. The van der Waals surface area contributed by atoms with Gasteiger partial charge in [-0.05, 0) is 116 Å². The van der Waals surface area contributed by atoms with Gasteiger partial charge >= 0.3 is 0 Å². The van der Waals surface area contributed by atoms with Crippen LogP contribution in [0.15, 0.2) is 0 Å². The van der Waals surface area contributed by atoms with E-state index >= 15 is 0 Å². The van der Waals surface area contributed by atoms with Gasteiger partial charge in [-0.1, -0.05) is 74.7 Å². The standard InChI is InChI=1S/C33H58O/c1-22(2)10-9-11-23(3)27-14-15-28-26-13-12-25-20-24(21-30(34)31(4,5)6)16-18-32(25,7)29(26)17-19-33(27,28)8/h22-29H,9-21H2,1-8H3/t23-,24+,25+,26-,27?,28+,29?,32?,33?/m1/s1. The Kier molecular flexibility index (Phi) is 7.74. The molecule has 1 heteroatoms. The molecule has 4 rings (SSSR count). The zero-order valence-electron chi connectivity index (χ0n) is 24.2. The Bertz CT molecular complexity index is 715. The number of fused-ring (bicyclic) bond motifs is 5. The topological polar surface area (TPSA) is 17.1 Å². The summed E-state index contributed by atoms with van der Waals surface area (Å²) in [5, 5.41) is 0. The molecule has 0 amide bonds. The molecule has 4 unspecified atom stereocenters. The quantitative estimate of drug-likeness (QED) is 0.362. The average molecular weight is 471 g/mol. The second-order valence-corrected chi connectivity index (χ2v) is 15.7. The molecule has 34 heavy (non-hydrogen) atoms. The van der Waals surface area contributed by atoms with Crippen LogP contribution in [0, 0.1) is 63.6 Å². The third-order valence-electron chi connectivity index (χ3n) is 12.3. The molecule has 0 N–H and O–H groups in total. The van der Waals surface area contributed by atoms with Crippen molar-refractivity contribution in [1.82, 2.24) is 0 Å². The van der Waals surface area contributed by atoms with Crippen LogP contribution in [0.3, 0.4) is 0 Å². The van der Waals surface area contributed by atoms with E-state index in [1.807, 2.05) is 0 Å². The van der Waals surface area contributed by atoms with E-state index in [-0.39, 0.29) is 5.41 Å². The van der Waals surface area contributed by atoms with Crippen molar-refractivity contribution >= 4 is 5.78 Å². The molecule has 0 aromatic heterocycles. The molecule has 0 aromatic carbocycles. The Labute approximate surface area is 213 Å². The minimum Gasteiger partial charge on any atom is -0.299 e. The molecule has 4 saturated carbocycles. The molecular weight excluding hydrogens is 412 g/mol. The first-order valence-corrected chi connectivity index (χ1v) is 15.4. The molecular formula is C33H58O. The first kappa shape index (κ1) is 26.7. The molecule has 0 aliphatic heterocycles. The molecule has 196 valence electrons. The SMILES string of the molecule is CC(C)CCC[C@@H](C)C1CC[C@H]2[C@H]3CC[C@H]4C[C@@H](CC(=O)C(C)(C)C)CCC4(C)C3CCC12C. The lowest BCUT2D eigenvalue weighted by atomic mass is 9.44. The second-order valence-electron chi connectivity index (χ2n) is 15.7. The van der Waals surface area contributed by atoms with Crippen molar-refractivity contribution in [3.63, 3.8) is 0 Å². The third-order valence-corrected chi connectivity index (χ3v) is 12.3. The number of hydrogen-bond acceptors (Lipinski definition) is 1. The Morgan fingerprint density at radius 1 is 0.853 bits per heavy atom. The van der Waals surface area contributed by atoms with Crippen molar-refractivity contribution in [1.29, 1.82) is 0 Å². The van der Waals surface area contributed by atoms with Gasteiger partial charge in [-0.15, -0.1) is 0 Å². The number of rotatable bonds is 7. The Morgan fingerprint density at radius 3 is 2.21 bits per heavy atom. The van der Waals surface area contributed by atoms with Gasteiger partial charge in [0.15, 0.2) is 0 Å². The van der Waals surface area contributed by atoms with Crippen molar-refractivity contribution in [3.05, 3.63) is 0 Å². The van der Waals surface area contributed by atoms with E-state index in [2.05, 4.69) is 55.4 Å². The van der Waals surface area contributed by atoms with Crippen LogP contribution in [0.25, 0.3) is 0 Å². The lowest BCUT2D eigenvalue weighted by Gasteiger charge is -2.61. The highest BCUT2D eigenvalue weighted by atomic mass is 16.1. The van der Waals surface area contributed by atoms with E-state index in [4.69, 9.17) is 0 Å². The van der Waals surface area contributed by atoms with E-state index in [9.17, 15) is 4.79 Å². The van der Waals surface area contributed by atoms with Crippen molar-refractivity contribution < 1.29 is 4.79 Å². The average Bonchev–Trinajstić information content (AvgIpc) is 3.10. The number of hydrogen-bond donors (Lipinski definition) is 0. The number of Topliss-reactive ketones (excluding diaryl/α,β-unsaturated/α-hetero) is 1. The minimum atomic E-state index is -0.169. The van der Waals surface area contributed by atoms with E-state index < -0.39 is 0 Å². The second kappa shape index (κ2) is 9.85. The van der Waals surface area contributed by atoms with Gasteiger partial charge in [0.05, 0.1) is 0 Å². The fraction of sp³-hybridized carbons (Fsp3) is 0.970. The summed E-state index contributed by atoms with van der Waals surface area (Å²) in [5.74, 6) is 7.67. The van der Waals surface area contributed by atoms with Gasteiger partial charge in [0, 0.05) is 11.8 Å². The molecule has 9 atom stereocenters. The van der Waals surface area contributed by atoms with Gasteiger partial charge < -0.3 is 0 Å². The first-order valence-electron chi connectivity index (χ1n) is 15.4. The Hall–Kier alpha value is -0.330. The van der Waals surface area contributed by atoms with Crippen LogP contribution in [0.1, 0.15) is 139 Å².